The summed E-state index contributed by atoms with van der Waals surface area (Å²) in [6.07, 6.45) is 15.0. The summed E-state index contributed by atoms with van der Waals surface area (Å²) in [5.74, 6) is 3.66. The van der Waals surface area contributed by atoms with E-state index in [2.05, 4.69) is 31.6 Å². The van der Waals surface area contributed by atoms with E-state index in [0.717, 1.165) is 23.5 Å². The molecule has 13 heavy (non-hydrogen) atoms. The first kappa shape index (κ1) is 7.90. The van der Waals surface area contributed by atoms with Gasteiger partial charge in [0.05, 0.1) is 0 Å². The highest BCUT2D eigenvalue weighted by Gasteiger charge is 2.42. The SMILES string of the molecule is [B]1C2CCC=CC2C2CC=CCC12. The third-order valence-electron chi connectivity index (χ3n) is 4.04. The quantitative estimate of drug-likeness (QED) is 0.387. The maximum absolute atomic E-state index is 2.66. The molecule has 1 heterocycles. The molecule has 67 valence electrons. The Morgan fingerprint density at radius 3 is 2.92 bits per heavy atom. The molecule has 0 nitrogen and oxygen atoms in total. The molecule has 0 spiro atoms. The van der Waals surface area contributed by atoms with Crippen LogP contribution in [0, 0.1) is 11.8 Å². The number of allylic oxidation sites excluding steroid dienone is 4. The molecule has 1 aliphatic heterocycles. The number of hydrogen-bond acceptors (Lipinski definition) is 0. The van der Waals surface area contributed by atoms with Crippen molar-refractivity contribution in [1.82, 2.24) is 0 Å². The van der Waals surface area contributed by atoms with Crippen molar-refractivity contribution < 1.29 is 0 Å². The van der Waals surface area contributed by atoms with Gasteiger partial charge >= 0.3 is 0 Å². The van der Waals surface area contributed by atoms with E-state index in [1.165, 1.54) is 25.7 Å². The van der Waals surface area contributed by atoms with E-state index in [-0.39, 0.29) is 0 Å². The predicted octanol–water partition coefficient (Wildman–Crippen LogP) is 3.21. The van der Waals surface area contributed by atoms with E-state index in [9.17, 15) is 0 Å². The number of fused-ring (bicyclic) bond motifs is 3. The van der Waals surface area contributed by atoms with Gasteiger partial charge in [-0.25, -0.2) is 0 Å². The van der Waals surface area contributed by atoms with Crippen LogP contribution < -0.4 is 0 Å². The standard InChI is InChI=1S/C12H16B/c1-3-7-11-9(5-1)10-6-2-4-8-12(10)13-11/h1-3,6,9-12H,4-5,7-8H2. The Morgan fingerprint density at radius 2 is 1.92 bits per heavy atom. The van der Waals surface area contributed by atoms with Crippen molar-refractivity contribution in [3.05, 3.63) is 24.3 Å². The largest absolute Gasteiger partial charge is 0.119 e. The lowest BCUT2D eigenvalue weighted by Gasteiger charge is -2.28. The van der Waals surface area contributed by atoms with Gasteiger partial charge in [-0.2, -0.15) is 0 Å². The molecule has 4 atom stereocenters. The fraction of sp³-hybridized carbons (Fsp3) is 0.667. The molecule has 0 aromatic heterocycles. The Labute approximate surface area is 81.3 Å². The second-order valence-electron chi connectivity index (χ2n) is 4.71. The molecule has 0 aromatic rings. The van der Waals surface area contributed by atoms with Crippen LogP contribution in [-0.2, 0) is 0 Å². The predicted molar refractivity (Wildman–Crippen MR) is 57.0 cm³/mol. The minimum absolute atomic E-state index is 0.892. The molecule has 2 aliphatic carbocycles. The Balaban J connectivity index is 1.86. The lowest BCUT2D eigenvalue weighted by molar-refractivity contribution is 0.372. The van der Waals surface area contributed by atoms with Crippen LogP contribution in [0.1, 0.15) is 25.7 Å². The van der Waals surface area contributed by atoms with E-state index in [1.54, 1.807) is 0 Å². The molecule has 1 fully saturated rings. The van der Waals surface area contributed by atoms with Gasteiger partial charge in [0.25, 0.3) is 0 Å². The first-order valence-corrected chi connectivity index (χ1v) is 5.62. The Morgan fingerprint density at radius 1 is 1.00 bits per heavy atom. The van der Waals surface area contributed by atoms with Gasteiger partial charge in [0.1, 0.15) is 7.28 Å². The van der Waals surface area contributed by atoms with Crippen molar-refractivity contribution in [3.63, 3.8) is 0 Å². The molecule has 0 saturated carbocycles. The van der Waals surface area contributed by atoms with Crippen molar-refractivity contribution in [2.24, 2.45) is 11.8 Å². The van der Waals surface area contributed by atoms with Crippen LogP contribution in [0.25, 0.3) is 0 Å². The molecule has 3 aliphatic rings. The van der Waals surface area contributed by atoms with Gasteiger partial charge in [-0.15, -0.1) is 0 Å². The van der Waals surface area contributed by atoms with Crippen LogP contribution in [0.5, 0.6) is 0 Å². The van der Waals surface area contributed by atoms with Crippen LogP contribution in [-0.4, -0.2) is 7.28 Å². The molecule has 0 bridgehead atoms. The second-order valence-corrected chi connectivity index (χ2v) is 4.71. The second kappa shape index (κ2) is 3.04. The first-order chi connectivity index (χ1) is 6.45. The zero-order chi connectivity index (χ0) is 8.67. The van der Waals surface area contributed by atoms with Crippen molar-refractivity contribution in [2.45, 2.75) is 37.3 Å². The van der Waals surface area contributed by atoms with Gasteiger partial charge in [0, 0.05) is 0 Å². The minimum atomic E-state index is 0.892. The van der Waals surface area contributed by atoms with Gasteiger partial charge in [-0.1, -0.05) is 42.4 Å². The summed E-state index contributed by atoms with van der Waals surface area (Å²) in [5.41, 5.74) is 0. The normalized spacial score (nSPS) is 46.8. The summed E-state index contributed by atoms with van der Waals surface area (Å²) in [4.78, 5) is 0. The lowest BCUT2D eigenvalue weighted by Crippen LogP contribution is -2.14. The summed E-state index contributed by atoms with van der Waals surface area (Å²) >= 11 is 0. The zero-order valence-corrected chi connectivity index (χ0v) is 8.02. The minimum Gasteiger partial charge on any atom is -0.0890 e. The Hall–Kier alpha value is -0.455. The number of rotatable bonds is 0. The lowest BCUT2D eigenvalue weighted by atomic mass is 9.56. The fourth-order valence-corrected chi connectivity index (χ4v) is 3.40. The topological polar surface area (TPSA) is 0 Å². The maximum atomic E-state index is 2.66. The summed E-state index contributed by atoms with van der Waals surface area (Å²) in [6.45, 7) is 0. The summed E-state index contributed by atoms with van der Waals surface area (Å²) in [7, 11) is 2.66. The molecule has 1 heteroatoms. The summed E-state index contributed by atoms with van der Waals surface area (Å²) < 4.78 is 0. The van der Waals surface area contributed by atoms with Gasteiger partial charge in [-0.3, -0.25) is 0 Å². The van der Waals surface area contributed by atoms with Gasteiger partial charge in [-0.05, 0) is 31.1 Å². The fourth-order valence-electron chi connectivity index (χ4n) is 3.40. The molecule has 0 amide bonds. The average Bonchev–Trinajstić information content (AvgIpc) is 2.56. The van der Waals surface area contributed by atoms with Crippen LogP contribution in [0.4, 0.5) is 0 Å². The van der Waals surface area contributed by atoms with Gasteiger partial charge < -0.3 is 0 Å². The molecular formula is C12H16B. The van der Waals surface area contributed by atoms with Crippen LogP contribution in [0.15, 0.2) is 24.3 Å². The zero-order valence-electron chi connectivity index (χ0n) is 8.02. The van der Waals surface area contributed by atoms with Crippen LogP contribution in [0.3, 0.4) is 0 Å². The average molecular weight is 171 g/mol. The van der Waals surface area contributed by atoms with Crippen molar-refractivity contribution in [1.29, 1.82) is 0 Å². The van der Waals surface area contributed by atoms with Crippen molar-refractivity contribution >= 4 is 7.28 Å². The molecule has 4 unspecified atom stereocenters. The van der Waals surface area contributed by atoms with Crippen LogP contribution >= 0.6 is 0 Å². The molecule has 1 saturated heterocycles. The molecule has 0 aromatic carbocycles. The third-order valence-corrected chi connectivity index (χ3v) is 4.04. The highest BCUT2D eigenvalue weighted by atomic mass is 14.4. The van der Waals surface area contributed by atoms with Crippen LogP contribution in [0.2, 0.25) is 11.6 Å². The Kier molecular flexibility index (Phi) is 1.85. The van der Waals surface area contributed by atoms with Gasteiger partial charge in [0.2, 0.25) is 0 Å². The number of hydrogen-bond donors (Lipinski definition) is 0. The Bertz CT molecular complexity index is 254. The van der Waals surface area contributed by atoms with E-state index in [4.69, 9.17) is 0 Å². The van der Waals surface area contributed by atoms with Crippen molar-refractivity contribution in [2.75, 3.05) is 0 Å². The van der Waals surface area contributed by atoms with E-state index >= 15 is 0 Å². The maximum Gasteiger partial charge on any atom is 0.119 e. The highest BCUT2D eigenvalue weighted by molar-refractivity contribution is 6.41. The van der Waals surface area contributed by atoms with Gasteiger partial charge in [0.15, 0.2) is 0 Å². The van der Waals surface area contributed by atoms with E-state index < -0.39 is 0 Å². The summed E-state index contributed by atoms with van der Waals surface area (Å²) in [5, 5.41) is 0. The molecule has 0 N–H and O–H groups in total. The third kappa shape index (κ3) is 1.20. The monoisotopic (exact) mass is 171 g/mol. The van der Waals surface area contributed by atoms with Crippen molar-refractivity contribution in [3.8, 4) is 0 Å². The van der Waals surface area contributed by atoms with E-state index in [1.807, 2.05) is 0 Å². The highest BCUT2D eigenvalue weighted by Crippen LogP contribution is 2.52. The smallest absolute Gasteiger partial charge is 0.0890 e. The molecule has 3 rings (SSSR count). The molecular weight excluding hydrogens is 155 g/mol. The van der Waals surface area contributed by atoms with E-state index in [0.29, 0.717) is 0 Å². The summed E-state index contributed by atoms with van der Waals surface area (Å²) in [6, 6.07) is 0. The molecule has 1 radical (unpaired) electrons. The first-order valence-electron chi connectivity index (χ1n) is 5.62.